The molecule has 10 rings (SSSR count). The molecule has 0 unspecified atom stereocenters. The van der Waals surface area contributed by atoms with Gasteiger partial charge in [-0.2, -0.15) is 0 Å². The Balaban J connectivity index is 1.19. The number of hydrogen-bond donors (Lipinski definition) is 0. The van der Waals surface area contributed by atoms with Crippen molar-refractivity contribution in [3.05, 3.63) is 205 Å². The maximum atomic E-state index is 2.48. The van der Waals surface area contributed by atoms with E-state index >= 15 is 0 Å². The lowest BCUT2D eigenvalue weighted by Crippen LogP contribution is -1.95. The third kappa shape index (κ3) is 6.36. The van der Waals surface area contributed by atoms with Crippen molar-refractivity contribution in [1.82, 2.24) is 0 Å². The largest absolute Gasteiger partial charge is 0.0651 e. The highest BCUT2D eigenvalue weighted by atomic mass is 14.2. The maximum Gasteiger partial charge on any atom is -0.00261 e. The van der Waals surface area contributed by atoms with Crippen LogP contribution in [0.2, 0.25) is 0 Å². The predicted molar refractivity (Wildman–Crippen MR) is 252 cm³/mol. The van der Waals surface area contributed by atoms with Gasteiger partial charge in [0, 0.05) is 0 Å². The Kier molecular flexibility index (Phi) is 9.40. The van der Waals surface area contributed by atoms with Gasteiger partial charge in [0.2, 0.25) is 0 Å². The summed E-state index contributed by atoms with van der Waals surface area (Å²) in [6, 6.07) is 72.8. The van der Waals surface area contributed by atoms with Crippen LogP contribution in [0.25, 0.3) is 98.7 Å². The minimum atomic E-state index is 1.02. The quantitative estimate of drug-likeness (QED) is 0.129. The summed E-state index contributed by atoms with van der Waals surface area (Å²) in [5.74, 6) is 0. The van der Waals surface area contributed by atoms with Crippen LogP contribution in [0, 0.1) is 0 Å². The molecular weight excluding hydrogens is 697 g/mol. The van der Waals surface area contributed by atoms with Crippen molar-refractivity contribution < 1.29 is 0 Å². The SMILES string of the molecule is CCCc1ccc(-c2ccc(-c3c4ccccc4c(-c4ccc(-c5cccc6ccccc56)c(CCC)c4)c4ccccc34)cc2-c2ccc3ccccc3c2)cc1. The second-order valence-electron chi connectivity index (χ2n) is 15.8. The third-order valence-electron chi connectivity index (χ3n) is 12.1. The first kappa shape index (κ1) is 35.6. The second kappa shape index (κ2) is 15.3. The molecule has 0 N–H and O–H groups in total. The molecule has 0 fully saturated rings. The van der Waals surface area contributed by atoms with Crippen LogP contribution in [0.4, 0.5) is 0 Å². The van der Waals surface area contributed by atoms with Crippen molar-refractivity contribution >= 4 is 43.1 Å². The molecule has 278 valence electrons. The number of hydrogen-bond acceptors (Lipinski definition) is 0. The van der Waals surface area contributed by atoms with Gasteiger partial charge >= 0.3 is 0 Å². The number of fused-ring (bicyclic) bond motifs is 4. The van der Waals surface area contributed by atoms with Crippen LogP contribution < -0.4 is 0 Å². The van der Waals surface area contributed by atoms with E-state index in [4.69, 9.17) is 0 Å². The molecule has 0 saturated heterocycles. The number of benzene rings is 10. The van der Waals surface area contributed by atoms with Gasteiger partial charge in [0.15, 0.2) is 0 Å². The van der Waals surface area contributed by atoms with Crippen molar-refractivity contribution in [3.8, 4) is 55.6 Å². The highest BCUT2D eigenvalue weighted by Gasteiger charge is 2.20. The highest BCUT2D eigenvalue weighted by molar-refractivity contribution is 6.21. The average Bonchev–Trinajstić information content (AvgIpc) is 3.28. The summed E-state index contributed by atoms with van der Waals surface area (Å²) < 4.78 is 0. The standard InChI is InChI=1S/C58H46/c1-3-14-39-26-28-42(29-27-39)49-34-33-47(38-56(49)45-31-30-40-16-5-6-18-43(40)36-45)58-54-23-11-9-21-52(54)57(53-22-10-12-24-55(53)58)46-32-35-50(44(37-46)15-4-2)51-25-13-19-41-17-7-8-20-48(41)51/h5-13,16-38H,3-4,14-15H2,1-2H3. The first-order chi connectivity index (χ1) is 28.7. The van der Waals surface area contributed by atoms with E-state index in [2.05, 4.69) is 208 Å². The Labute approximate surface area is 342 Å². The fourth-order valence-corrected chi connectivity index (χ4v) is 9.39. The summed E-state index contributed by atoms with van der Waals surface area (Å²) in [5.41, 5.74) is 15.5. The predicted octanol–water partition coefficient (Wildman–Crippen LogP) is 16.5. The molecule has 0 atom stereocenters. The second-order valence-corrected chi connectivity index (χ2v) is 15.8. The van der Waals surface area contributed by atoms with Crippen molar-refractivity contribution in [2.24, 2.45) is 0 Å². The molecule has 0 radical (unpaired) electrons. The van der Waals surface area contributed by atoms with E-state index in [0.29, 0.717) is 0 Å². The smallest absolute Gasteiger partial charge is 0.00261 e. The number of aryl methyl sites for hydroxylation is 2. The van der Waals surface area contributed by atoms with E-state index in [9.17, 15) is 0 Å². The van der Waals surface area contributed by atoms with Crippen LogP contribution in [0.1, 0.15) is 37.8 Å². The van der Waals surface area contributed by atoms with Crippen LogP contribution in [-0.4, -0.2) is 0 Å². The molecule has 58 heavy (non-hydrogen) atoms. The van der Waals surface area contributed by atoms with Gasteiger partial charge in [-0.05, 0) is 135 Å². The Bertz CT molecular complexity index is 3060. The van der Waals surface area contributed by atoms with E-state index < -0.39 is 0 Å². The molecule has 0 aliphatic heterocycles. The van der Waals surface area contributed by atoms with E-state index in [1.54, 1.807) is 0 Å². The molecule has 0 aliphatic carbocycles. The Hall–Kier alpha value is -6.76. The number of rotatable bonds is 9. The van der Waals surface area contributed by atoms with Gasteiger partial charge in [-0.3, -0.25) is 0 Å². The summed E-state index contributed by atoms with van der Waals surface area (Å²) in [6.45, 7) is 4.54. The monoisotopic (exact) mass is 742 g/mol. The van der Waals surface area contributed by atoms with E-state index in [-0.39, 0.29) is 0 Å². The maximum absolute atomic E-state index is 2.48. The zero-order valence-corrected chi connectivity index (χ0v) is 33.3. The van der Waals surface area contributed by atoms with Gasteiger partial charge < -0.3 is 0 Å². The van der Waals surface area contributed by atoms with E-state index in [1.807, 2.05) is 0 Å². The first-order valence-corrected chi connectivity index (χ1v) is 21.0. The Morgan fingerprint density at radius 3 is 1.47 bits per heavy atom. The molecule has 0 aliphatic rings. The van der Waals surface area contributed by atoms with Gasteiger partial charge in [-0.15, -0.1) is 0 Å². The molecule has 0 spiro atoms. The Morgan fingerprint density at radius 1 is 0.293 bits per heavy atom. The van der Waals surface area contributed by atoms with Crippen LogP contribution in [0.15, 0.2) is 194 Å². The van der Waals surface area contributed by atoms with Gasteiger partial charge in [0.05, 0.1) is 0 Å². The highest BCUT2D eigenvalue weighted by Crippen LogP contribution is 2.46. The molecule has 10 aromatic carbocycles. The van der Waals surface area contributed by atoms with Crippen LogP contribution in [0.3, 0.4) is 0 Å². The van der Waals surface area contributed by atoms with Gasteiger partial charge in [-0.1, -0.05) is 209 Å². The lowest BCUT2D eigenvalue weighted by atomic mass is 9.83. The average molecular weight is 743 g/mol. The molecule has 0 heterocycles. The summed E-state index contributed by atoms with van der Waals surface area (Å²) in [7, 11) is 0. The van der Waals surface area contributed by atoms with Crippen LogP contribution in [-0.2, 0) is 12.8 Å². The van der Waals surface area contributed by atoms with Gasteiger partial charge in [-0.25, -0.2) is 0 Å². The molecule has 0 nitrogen and oxygen atoms in total. The van der Waals surface area contributed by atoms with Crippen LogP contribution >= 0.6 is 0 Å². The van der Waals surface area contributed by atoms with Crippen molar-refractivity contribution in [1.29, 1.82) is 0 Å². The molecule has 10 aromatic rings. The van der Waals surface area contributed by atoms with Gasteiger partial charge in [0.1, 0.15) is 0 Å². The zero-order valence-electron chi connectivity index (χ0n) is 33.3. The summed E-state index contributed by atoms with van der Waals surface area (Å²) in [6.07, 6.45) is 4.35. The minimum absolute atomic E-state index is 1.02. The van der Waals surface area contributed by atoms with Crippen molar-refractivity contribution in [2.45, 2.75) is 39.5 Å². The van der Waals surface area contributed by atoms with Crippen LogP contribution in [0.5, 0.6) is 0 Å². The molecule has 0 heteroatoms. The normalized spacial score (nSPS) is 11.6. The lowest BCUT2D eigenvalue weighted by molar-refractivity contribution is 0.922. The minimum Gasteiger partial charge on any atom is -0.0651 e. The van der Waals surface area contributed by atoms with Crippen molar-refractivity contribution in [2.75, 3.05) is 0 Å². The third-order valence-corrected chi connectivity index (χ3v) is 12.1. The lowest BCUT2D eigenvalue weighted by Gasteiger charge is -2.20. The van der Waals surface area contributed by atoms with E-state index in [0.717, 1.165) is 25.7 Å². The first-order valence-electron chi connectivity index (χ1n) is 21.0. The summed E-state index contributed by atoms with van der Waals surface area (Å²) in [5, 5.41) is 10.2. The molecular formula is C58H46. The molecule has 0 bridgehead atoms. The fraction of sp³-hybridized carbons (Fsp3) is 0.103. The summed E-state index contributed by atoms with van der Waals surface area (Å²) in [4.78, 5) is 0. The topological polar surface area (TPSA) is 0 Å². The van der Waals surface area contributed by atoms with E-state index in [1.165, 1.54) is 110 Å². The zero-order chi connectivity index (χ0) is 39.0. The molecule has 0 saturated carbocycles. The Morgan fingerprint density at radius 2 is 0.810 bits per heavy atom. The van der Waals surface area contributed by atoms with Crippen molar-refractivity contribution in [3.63, 3.8) is 0 Å². The summed E-state index contributed by atoms with van der Waals surface area (Å²) >= 11 is 0. The molecule has 0 amide bonds. The van der Waals surface area contributed by atoms with Gasteiger partial charge in [0.25, 0.3) is 0 Å². The fourth-order valence-electron chi connectivity index (χ4n) is 9.39. The molecule has 0 aromatic heterocycles.